The number of fused-ring (bicyclic) bond motifs is 15. The molecule has 0 fully saturated rings. The lowest BCUT2D eigenvalue weighted by atomic mass is 9.99. The molecule has 0 spiro atoms. The number of hydrogen-bond donors (Lipinski definition) is 1. The van der Waals surface area contributed by atoms with E-state index in [-0.39, 0.29) is 0 Å². The van der Waals surface area contributed by atoms with Crippen LogP contribution in [0.25, 0.3) is 119 Å². The molecule has 15 aromatic rings. The Morgan fingerprint density at radius 3 is 1.94 bits per heavy atom. The van der Waals surface area contributed by atoms with Crippen LogP contribution in [0.2, 0.25) is 0 Å². The molecule has 6 nitrogen and oxygen atoms in total. The Hall–Kier alpha value is -9.30. The number of aromatic nitrogens is 2. The summed E-state index contributed by atoms with van der Waals surface area (Å²) in [5, 5.41) is 17.7. The first-order valence-electron chi connectivity index (χ1n) is 24.4. The van der Waals surface area contributed by atoms with Crippen molar-refractivity contribution in [2.45, 2.75) is 6.17 Å². The van der Waals surface area contributed by atoms with E-state index >= 15 is 0 Å². The largest absolute Gasteiger partial charge is 0.455 e. The van der Waals surface area contributed by atoms with Gasteiger partial charge in [0.25, 0.3) is 0 Å². The van der Waals surface area contributed by atoms with Gasteiger partial charge >= 0.3 is 0 Å². The first-order valence-corrected chi connectivity index (χ1v) is 25.2. The van der Waals surface area contributed by atoms with Gasteiger partial charge in [-0.05, 0) is 82.9 Å². The number of rotatable bonds is 5. The van der Waals surface area contributed by atoms with E-state index in [0.29, 0.717) is 5.84 Å². The first kappa shape index (κ1) is 39.5. The van der Waals surface area contributed by atoms with E-state index in [2.05, 4.69) is 239 Å². The van der Waals surface area contributed by atoms with E-state index in [1.165, 1.54) is 41.7 Å². The highest BCUT2D eigenvalue weighted by Crippen LogP contribution is 2.44. The molecule has 1 N–H and O–H groups in total. The van der Waals surface area contributed by atoms with Crippen molar-refractivity contribution >= 4 is 130 Å². The minimum Gasteiger partial charge on any atom is -0.455 e. The molecule has 7 heteroatoms. The van der Waals surface area contributed by atoms with Crippen molar-refractivity contribution in [2.24, 2.45) is 9.98 Å². The van der Waals surface area contributed by atoms with Crippen molar-refractivity contribution in [1.29, 1.82) is 0 Å². The third-order valence-electron chi connectivity index (χ3n) is 14.9. The molecule has 0 amide bonds. The maximum absolute atomic E-state index is 7.17. The SMILES string of the molecule is c1ccc(-n2c3ccccc3c3c(C4=NC(c5cccc6sc7ccccc7c56)NC(c5cc(-n6c7ccccc7c7cc8ccccc8cc76)cc6oc7c8ccccc8ccc7c56)=N4)cccc32)cc1. The molecule has 1 unspecified atom stereocenters. The van der Waals surface area contributed by atoms with Crippen LogP contribution in [-0.4, -0.2) is 20.8 Å². The van der Waals surface area contributed by atoms with E-state index in [4.69, 9.17) is 14.4 Å². The number of hydrogen-bond acceptors (Lipinski definition) is 5. The highest BCUT2D eigenvalue weighted by atomic mass is 32.1. The Kier molecular flexibility index (Phi) is 8.29. The topological polar surface area (TPSA) is 59.8 Å². The number of para-hydroxylation sites is 3. The predicted molar refractivity (Wildman–Crippen MR) is 302 cm³/mol. The lowest BCUT2D eigenvalue weighted by Crippen LogP contribution is -2.34. The molecule has 0 saturated heterocycles. The van der Waals surface area contributed by atoms with Crippen LogP contribution in [0.4, 0.5) is 0 Å². The quantitative estimate of drug-likeness (QED) is 0.187. The highest BCUT2D eigenvalue weighted by Gasteiger charge is 2.29. The lowest BCUT2D eigenvalue weighted by Gasteiger charge is -2.25. The van der Waals surface area contributed by atoms with Crippen molar-refractivity contribution in [1.82, 2.24) is 14.5 Å². The fourth-order valence-electron chi connectivity index (χ4n) is 11.8. The van der Waals surface area contributed by atoms with Gasteiger partial charge in [-0.15, -0.1) is 11.3 Å². The van der Waals surface area contributed by atoms with Gasteiger partial charge in [-0.3, -0.25) is 0 Å². The minimum absolute atomic E-state index is 0.496. The van der Waals surface area contributed by atoms with Gasteiger partial charge in [-0.1, -0.05) is 152 Å². The summed E-state index contributed by atoms with van der Waals surface area (Å²) in [6.45, 7) is 0. The van der Waals surface area contributed by atoms with Gasteiger partial charge in [-0.2, -0.15) is 0 Å². The number of nitrogens with one attached hydrogen (secondary N) is 1. The van der Waals surface area contributed by atoms with Crippen LogP contribution < -0.4 is 5.32 Å². The van der Waals surface area contributed by atoms with Gasteiger partial charge in [0, 0.05) is 86.3 Å². The summed E-state index contributed by atoms with van der Waals surface area (Å²) in [4.78, 5) is 11.5. The zero-order valence-corrected chi connectivity index (χ0v) is 39.4. The number of aliphatic imine (C=N–C) groups is 2. The molecule has 0 bridgehead atoms. The molecule has 1 aliphatic rings. The summed E-state index contributed by atoms with van der Waals surface area (Å²) in [7, 11) is 0. The van der Waals surface area contributed by atoms with E-state index in [1.54, 1.807) is 0 Å². The molecule has 0 radical (unpaired) electrons. The predicted octanol–water partition coefficient (Wildman–Crippen LogP) is 16.9. The van der Waals surface area contributed by atoms with Crippen LogP contribution >= 0.6 is 11.3 Å². The van der Waals surface area contributed by atoms with Crippen LogP contribution in [0, 0.1) is 0 Å². The summed E-state index contributed by atoms with van der Waals surface area (Å²) in [6, 6.07) is 80.7. The average Bonchev–Trinajstić information content (AvgIpc) is 4.20. The Morgan fingerprint density at radius 2 is 1.08 bits per heavy atom. The van der Waals surface area contributed by atoms with Gasteiger partial charge in [0.1, 0.15) is 23.2 Å². The van der Waals surface area contributed by atoms with Gasteiger partial charge in [0.2, 0.25) is 0 Å². The third kappa shape index (κ3) is 5.71. The fraction of sp³-hybridized carbons (Fsp3) is 0.0154. The van der Waals surface area contributed by atoms with Crippen molar-refractivity contribution in [3.8, 4) is 11.4 Å². The maximum Gasteiger partial charge on any atom is 0.160 e. The summed E-state index contributed by atoms with van der Waals surface area (Å²) >= 11 is 1.82. The van der Waals surface area contributed by atoms with Gasteiger partial charge in [0.05, 0.1) is 27.8 Å². The Balaban J connectivity index is 1.02. The molecule has 336 valence electrons. The first-order chi connectivity index (χ1) is 35.7. The second-order valence-corrected chi connectivity index (χ2v) is 20.0. The Bertz CT molecular complexity index is 4860. The zero-order valence-electron chi connectivity index (χ0n) is 38.5. The third-order valence-corrected chi connectivity index (χ3v) is 16.1. The number of benzene rings is 11. The monoisotopic (exact) mass is 937 g/mol. The molecule has 16 rings (SSSR count). The van der Waals surface area contributed by atoms with Gasteiger partial charge < -0.3 is 18.9 Å². The van der Waals surface area contributed by atoms with Crippen LogP contribution in [0.1, 0.15) is 22.9 Å². The van der Waals surface area contributed by atoms with Crippen LogP contribution in [-0.2, 0) is 0 Å². The van der Waals surface area contributed by atoms with Crippen LogP contribution in [0.5, 0.6) is 0 Å². The highest BCUT2D eigenvalue weighted by molar-refractivity contribution is 7.25. The van der Waals surface area contributed by atoms with E-state index in [9.17, 15) is 0 Å². The number of furan rings is 1. The summed E-state index contributed by atoms with van der Waals surface area (Å²) in [5.74, 6) is 1.38. The molecule has 11 aromatic carbocycles. The standard InChI is InChI=1S/C65H39N5OS/c1-2-19-41(20-3-1)69-53-28-12-9-23-45(53)59-48(25-14-29-54(59)69)63-66-64(49-26-15-31-58-61(49)46-24-10-13-30-57(46)72-58)68-65(67-63)51-36-42(37-56-60(51)47-33-32-38-16-6-7-21-43(38)62(47)71-56)70-52-27-11-8-22-44(52)50-34-39-17-4-5-18-40(39)35-55(50)70/h1-37,64H,(H,66,67,68). The van der Waals surface area contributed by atoms with Gasteiger partial charge in [-0.25, -0.2) is 9.98 Å². The van der Waals surface area contributed by atoms with Crippen molar-refractivity contribution in [3.63, 3.8) is 0 Å². The molecule has 0 aliphatic carbocycles. The van der Waals surface area contributed by atoms with E-state index in [0.717, 1.165) is 99.5 Å². The Labute approximate surface area is 415 Å². The van der Waals surface area contributed by atoms with Crippen molar-refractivity contribution in [3.05, 3.63) is 241 Å². The lowest BCUT2D eigenvalue weighted by molar-refractivity contribution is 0.671. The van der Waals surface area contributed by atoms with E-state index in [1.807, 2.05) is 11.3 Å². The summed E-state index contributed by atoms with van der Waals surface area (Å²) in [6.07, 6.45) is -0.496. The average molecular weight is 938 g/mol. The molecule has 1 atom stereocenters. The fourth-order valence-corrected chi connectivity index (χ4v) is 13.0. The minimum atomic E-state index is -0.496. The maximum atomic E-state index is 7.17. The van der Waals surface area contributed by atoms with Gasteiger partial charge in [0.15, 0.2) is 5.84 Å². The normalized spacial score (nSPS) is 14.2. The van der Waals surface area contributed by atoms with Crippen LogP contribution in [0.15, 0.2) is 239 Å². The van der Waals surface area contributed by atoms with Crippen molar-refractivity contribution in [2.75, 3.05) is 0 Å². The van der Waals surface area contributed by atoms with Crippen molar-refractivity contribution < 1.29 is 4.42 Å². The molecule has 1 aliphatic heterocycles. The number of amidine groups is 2. The molecular weight excluding hydrogens is 899 g/mol. The molecule has 72 heavy (non-hydrogen) atoms. The van der Waals surface area contributed by atoms with Crippen LogP contribution in [0.3, 0.4) is 0 Å². The molecule has 0 saturated carbocycles. The number of thiophene rings is 1. The zero-order chi connectivity index (χ0) is 47.0. The smallest absolute Gasteiger partial charge is 0.160 e. The summed E-state index contributed by atoms with van der Waals surface area (Å²) in [5.41, 5.74) is 11.2. The number of nitrogens with zero attached hydrogens (tertiary/aromatic N) is 4. The molecule has 4 aromatic heterocycles. The molecule has 5 heterocycles. The Morgan fingerprint density at radius 1 is 0.417 bits per heavy atom. The summed E-state index contributed by atoms with van der Waals surface area (Å²) < 4.78 is 14.4. The second-order valence-electron chi connectivity index (χ2n) is 18.9. The second kappa shape index (κ2) is 15.1. The molecular formula is C65H39N5OS. The van der Waals surface area contributed by atoms with E-state index < -0.39 is 6.17 Å².